The molecule has 38 heavy (non-hydrogen) atoms. The van der Waals surface area contributed by atoms with E-state index in [2.05, 4.69) is 15.9 Å². The van der Waals surface area contributed by atoms with Crippen LogP contribution in [0, 0.1) is 0 Å². The maximum Gasteiger partial charge on any atom is 0.348 e. The van der Waals surface area contributed by atoms with Crippen molar-refractivity contribution in [1.29, 1.82) is 0 Å². The lowest BCUT2D eigenvalue weighted by Gasteiger charge is -2.37. The second-order valence-electron chi connectivity index (χ2n) is 8.64. The summed E-state index contributed by atoms with van der Waals surface area (Å²) in [5.74, 6) is 2.49. The number of carbonyl (C=O) groups is 1. The highest BCUT2D eigenvalue weighted by molar-refractivity contribution is 7.11. The number of hydrogen-bond acceptors (Lipinski definition) is 10. The van der Waals surface area contributed by atoms with E-state index in [0.717, 1.165) is 37.6 Å². The first kappa shape index (κ1) is 27.4. The third-order valence-electron chi connectivity index (χ3n) is 6.33. The van der Waals surface area contributed by atoms with Crippen molar-refractivity contribution < 1.29 is 33.2 Å². The third kappa shape index (κ3) is 6.62. The summed E-state index contributed by atoms with van der Waals surface area (Å²) in [5.41, 5.74) is 1.08. The summed E-state index contributed by atoms with van der Waals surface area (Å²) in [5, 5.41) is 1.86. The van der Waals surface area contributed by atoms with Gasteiger partial charge in [0.2, 0.25) is 5.75 Å². The van der Waals surface area contributed by atoms with Crippen molar-refractivity contribution in [2.75, 3.05) is 72.7 Å². The first-order valence-corrected chi connectivity index (χ1v) is 13.2. The highest BCUT2D eigenvalue weighted by Crippen LogP contribution is 2.40. The first-order valence-electron chi connectivity index (χ1n) is 12.3. The Bertz CT molecular complexity index is 1150. The zero-order chi connectivity index (χ0) is 26.9. The molecular formula is C28H34N2O7S. The van der Waals surface area contributed by atoms with Crippen LogP contribution in [0.3, 0.4) is 0 Å². The molecule has 0 radical (unpaired) electrons. The minimum absolute atomic E-state index is 0.169. The Balaban J connectivity index is 1.43. The summed E-state index contributed by atoms with van der Waals surface area (Å²) in [4.78, 5) is 18.0. The van der Waals surface area contributed by atoms with E-state index in [1.165, 1.54) is 11.3 Å². The van der Waals surface area contributed by atoms with E-state index in [0.29, 0.717) is 34.4 Å². The van der Waals surface area contributed by atoms with Crippen LogP contribution < -0.4 is 28.6 Å². The molecule has 1 fully saturated rings. The van der Waals surface area contributed by atoms with E-state index in [1.807, 2.05) is 29.6 Å². The molecule has 2 heterocycles. The number of hydrogen-bond donors (Lipinski definition) is 0. The van der Waals surface area contributed by atoms with E-state index >= 15 is 0 Å². The molecule has 1 unspecified atom stereocenters. The van der Waals surface area contributed by atoms with Gasteiger partial charge in [-0.05, 0) is 23.6 Å². The predicted octanol–water partition coefficient (Wildman–Crippen LogP) is 4.21. The third-order valence-corrected chi connectivity index (χ3v) is 7.18. The first-order chi connectivity index (χ1) is 18.6. The summed E-state index contributed by atoms with van der Waals surface area (Å²) >= 11 is 1.35. The van der Waals surface area contributed by atoms with Gasteiger partial charge in [-0.15, -0.1) is 11.3 Å². The zero-order valence-electron chi connectivity index (χ0n) is 22.2. The molecular weight excluding hydrogens is 508 g/mol. The van der Waals surface area contributed by atoms with Gasteiger partial charge in [-0.2, -0.15) is 0 Å². The molecule has 0 amide bonds. The van der Waals surface area contributed by atoms with Crippen LogP contribution in [0.5, 0.6) is 28.7 Å². The molecule has 0 bridgehead atoms. The van der Waals surface area contributed by atoms with Gasteiger partial charge in [0.1, 0.15) is 29.1 Å². The van der Waals surface area contributed by atoms with Crippen molar-refractivity contribution in [3.63, 3.8) is 0 Å². The number of para-hydroxylation sites is 2. The second kappa shape index (κ2) is 13.3. The summed E-state index contributed by atoms with van der Waals surface area (Å²) < 4.78 is 33.8. The van der Waals surface area contributed by atoms with E-state index in [9.17, 15) is 4.79 Å². The summed E-state index contributed by atoms with van der Waals surface area (Å²) in [7, 11) is 6.35. The number of anilines is 1. The smallest absolute Gasteiger partial charge is 0.348 e. The summed E-state index contributed by atoms with van der Waals surface area (Å²) in [6.07, 6.45) is -0.485. The number of benzene rings is 2. The number of thiophene rings is 1. The molecule has 3 aromatic rings. The molecule has 1 aliphatic heterocycles. The van der Waals surface area contributed by atoms with E-state index in [4.69, 9.17) is 28.4 Å². The Morgan fingerprint density at radius 1 is 0.868 bits per heavy atom. The topological polar surface area (TPSA) is 78.9 Å². The van der Waals surface area contributed by atoms with E-state index in [-0.39, 0.29) is 12.6 Å². The monoisotopic (exact) mass is 542 g/mol. The van der Waals surface area contributed by atoms with Crippen LogP contribution in [0.4, 0.5) is 5.69 Å². The lowest BCUT2D eigenvalue weighted by atomic mass is 10.2. The Morgan fingerprint density at radius 2 is 1.55 bits per heavy atom. The predicted molar refractivity (Wildman–Crippen MR) is 147 cm³/mol. The lowest BCUT2D eigenvalue weighted by Crippen LogP contribution is -2.50. The van der Waals surface area contributed by atoms with E-state index in [1.54, 1.807) is 46.6 Å². The molecule has 9 nitrogen and oxygen atoms in total. The van der Waals surface area contributed by atoms with Crippen LogP contribution in [0.2, 0.25) is 0 Å². The highest BCUT2D eigenvalue weighted by atomic mass is 32.1. The second-order valence-corrected chi connectivity index (χ2v) is 9.58. The molecule has 0 saturated carbocycles. The Morgan fingerprint density at radius 3 is 2.16 bits per heavy atom. The highest BCUT2D eigenvalue weighted by Gasteiger charge is 2.25. The number of methoxy groups -OCH3 is 4. The number of ether oxygens (including phenoxy) is 6. The number of esters is 1. The minimum atomic E-state index is -0.485. The molecule has 1 aromatic heterocycles. The van der Waals surface area contributed by atoms with Crippen molar-refractivity contribution in [1.82, 2.24) is 4.90 Å². The molecule has 0 N–H and O–H groups in total. The van der Waals surface area contributed by atoms with Gasteiger partial charge in [0.15, 0.2) is 11.5 Å². The quantitative estimate of drug-likeness (QED) is 0.313. The van der Waals surface area contributed by atoms with Crippen LogP contribution in [0.1, 0.15) is 9.67 Å². The Kier molecular flexibility index (Phi) is 9.56. The SMILES string of the molecule is COc1ccccc1N1CCN(CC(COc2cc(OC)c(OC)c(OC)c2)OC(=O)c2cccs2)CC1. The van der Waals surface area contributed by atoms with Crippen LogP contribution >= 0.6 is 11.3 Å². The summed E-state index contributed by atoms with van der Waals surface area (Å²) in [6, 6.07) is 15.1. The fraction of sp³-hybridized carbons (Fsp3) is 0.393. The largest absolute Gasteiger partial charge is 0.495 e. The van der Waals surface area contributed by atoms with Gasteiger partial charge >= 0.3 is 5.97 Å². The fourth-order valence-electron chi connectivity index (χ4n) is 4.41. The molecule has 1 saturated heterocycles. The zero-order valence-corrected chi connectivity index (χ0v) is 23.0. The number of piperazine rings is 1. The van der Waals surface area contributed by atoms with Gasteiger partial charge in [0, 0.05) is 44.9 Å². The molecule has 2 aromatic carbocycles. The van der Waals surface area contributed by atoms with Crippen LogP contribution in [-0.2, 0) is 4.74 Å². The van der Waals surface area contributed by atoms with Gasteiger partial charge in [0.05, 0.1) is 34.1 Å². The van der Waals surface area contributed by atoms with Crippen LogP contribution in [0.25, 0.3) is 0 Å². The molecule has 10 heteroatoms. The van der Waals surface area contributed by atoms with Gasteiger partial charge in [-0.25, -0.2) is 4.79 Å². The average molecular weight is 543 g/mol. The molecule has 204 valence electrons. The molecule has 4 rings (SSSR count). The fourth-order valence-corrected chi connectivity index (χ4v) is 5.01. The Hall–Kier alpha value is -3.63. The van der Waals surface area contributed by atoms with Gasteiger partial charge in [-0.3, -0.25) is 4.90 Å². The maximum atomic E-state index is 12.8. The molecule has 0 spiro atoms. The van der Waals surface area contributed by atoms with Crippen LogP contribution in [-0.4, -0.2) is 84.7 Å². The maximum absolute atomic E-state index is 12.8. The normalized spacial score (nSPS) is 14.5. The van der Waals surface area contributed by atoms with Crippen molar-refractivity contribution in [2.24, 2.45) is 0 Å². The molecule has 1 aliphatic rings. The summed E-state index contributed by atoms with van der Waals surface area (Å²) in [6.45, 7) is 4.01. The molecule has 1 atom stereocenters. The van der Waals surface area contributed by atoms with Crippen molar-refractivity contribution in [3.05, 3.63) is 58.8 Å². The molecule has 0 aliphatic carbocycles. The standard InChI is InChI=1S/C28H34N2O7S/c1-32-23-9-6-5-8-22(23)30-13-11-29(12-14-30)18-21(37-28(31)26-10-7-15-38-26)19-36-20-16-24(33-2)27(35-4)25(17-20)34-3/h5-10,15-17,21H,11-14,18-19H2,1-4H3. The van der Waals surface area contributed by atoms with Gasteiger partial charge in [0.25, 0.3) is 0 Å². The van der Waals surface area contributed by atoms with Crippen molar-refractivity contribution in [2.45, 2.75) is 6.10 Å². The van der Waals surface area contributed by atoms with Crippen LogP contribution in [0.15, 0.2) is 53.9 Å². The van der Waals surface area contributed by atoms with E-state index < -0.39 is 6.10 Å². The minimum Gasteiger partial charge on any atom is -0.495 e. The van der Waals surface area contributed by atoms with Gasteiger partial charge in [-0.1, -0.05) is 18.2 Å². The number of nitrogens with zero attached hydrogens (tertiary/aromatic N) is 2. The Labute approximate surface area is 227 Å². The lowest BCUT2D eigenvalue weighted by molar-refractivity contribution is 0.00569. The average Bonchev–Trinajstić information content (AvgIpc) is 3.51. The van der Waals surface area contributed by atoms with Crippen molar-refractivity contribution >= 4 is 23.0 Å². The van der Waals surface area contributed by atoms with Gasteiger partial charge < -0.3 is 33.3 Å². The van der Waals surface area contributed by atoms with Crippen molar-refractivity contribution in [3.8, 4) is 28.7 Å². The number of rotatable bonds is 12. The number of carbonyl (C=O) groups excluding carboxylic acids is 1.